The number of amides is 1. The van der Waals surface area contributed by atoms with Gasteiger partial charge in [-0.05, 0) is 37.5 Å². The summed E-state index contributed by atoms with van der Waals surface area (Å²) in [6.07, 6.45) is 6.15. The van der Waals surface area contributed by atoms with E-state index in [0.29, 0.717) is 29.0 Å². The van der Waals surface area contributed by atoms with Crippen molar-refractivity contribution in [1.29, 1.82) is 0 Å². The van der Waals surface area contributed by atoms with Crippen LogP contribution in [0.4, 0.5) is 4.39 Å². The molecule has 22 heavy (non-hydrogen) atoms. The van der Waals surface area contributed by atoms with Crippen molar-refractivity contribution < 1.29 is 9.18 Å². The summed E-state index contributed by atoms with van der Waals surface area (Å²) in [7, 11) is 0. The van der Waals surface area contributed by atoms with Crippen LogP contribution in [0.2, 0.25) is 0 Å². The summed E-state index contributed by atoms with van der Waals surface area (Å²) in [5.41, 5.74) is 1.37. The second kappa shape index (κ2) is 5.21. The Morgan fingerprint density at radius 2 is 2.23 bits per heavy atom. The van der Waals surface area contributed by atoms with Crippen LogP contribution >= 0.6 is 0 Å². The number of pyridine rings is 1. The molecule has 2 fully saturated rings. The third kappa shape index (κ3) is 2.29. The summed E-state index contributed by atoms with van der Waals surface area (Å²) in [5.74, 6) is -0.504. The number of hydrogen-bond acceptors (Lipinski definition) is 3. The molecule has 1 amide bonds. The number of rotatable bonds is 3. The van der Waals surface area contributed by atoms with E-state index < -0.39 is 0 Å². The molecule has 0 unspecified atom stereocenters. The normalized spacial score (nSPS) is 26.3. The highest BCUT2D eigenvalue weighted by Gasteiger charge is 2.39. The third-order valence-electron chi connectivity index (χ3n) is 4.61. The number of carbonyl (C=O) groups excluding carboxylic acids is 1. The largest absolute Gasteiger partial charge is 0.350 e. The second-order valence-electron chi connectivity index (χ2n) is 6.00. The smallest absolute Gasteiger partial charge is 0.267 e. The molecule has 2 aromatic heterocycles. The number of aromatic nitrogens is 2. The second-order valence-corrected chi connectivity index (χ2v) is 6.00. The zero-order valence-electron chi connectivity index (χ0n) is 12.0. The SMILES string of the molecule is O=C(N[C@@H]1C[C@H]2CC[C@@H]1N2)c1ccc(-c2cnccc2F)[nH]1. The molecule has 2 aromatic rings. The Kier molecular flexibility index (Phi) is 3.18. The van der Waals surface area contributed by atoms with Crippen LogP contribution in [0.25, 0.3) is 11.3 Å². The number of hydrogen-bond donors (Lipinski definition) is 3. The zero-order valence-corrected chi connectivity index (χ0v) is 12.0. The fourth-order valence-corrected chi connectivity index (χ4v) is 3.49. The Bertz CT molecular complexity index is 714. The van der Waals surface area contributed by atoms with Crippen molar-refractivity contribution in [3.63, 3.8) is 0 Å². The molecule has 4 heterocycles. The van der Waals surface area contributed by atoms with Crippen molar-refractivity contribution in [3.8, 4) is 11.3 Å². The van der Waals surface area contributed by atoms with Crippen LogP contribution in [0.5, 0.6) is 0 Å². The van der Waals surface area contributed by atoms with E-state index in [4.69, 9.17) is 0 Å². The lowest BCUT2D eigenvalue weighted by atomic mass is 9.95. The van der Waals surface area contributed by atoms with Crippen molar-refractivity contribution in [3.05, 3.63) is 42.1 Å². The van der Waals surface area contributed by atoms with Gasteiger partial charge in [0.1, 0.15) is 11.5 Å². The molecule has 4 rings (SSSR count). The van der Waals surface area contributed by atoms with Gasteiger partial charge in [-0.3, -0.25) is 9.78 Å². The first kappa shape index (κ1) is 13.5. The van der Waals surface area contributed by atoms with E-state index in [1.165, 1.54) is 24.9 Å². The van der Waals surface area contributed by atoms with Crippen LogP contribution in [0.3, 0.4) is 0 Å². The minimum atomic E-state index is -0.360. The van der Waals surface area contributed by atoms with Crippen molar-refractivity contribution >= 4 is 5.91 Å². The molecule has 0 saturated carbocycles. The van der Waals surface area contributed by atoms with Gasteiger partial charge in [0.2, 0.25) is 0 Å². The fraction of sp³-hybridized carbons (Fsp3) is 0.375. The summed E-state index contributed by atoms with van der Waals surface area (Å²) >= 11 is 0. The Hall–Kier alpha value is -2.21. The minimum Gasteiger partial charge on any atom is -0.350 e. The minimum absolute atomic E-state index is 0.144. The standard InChI is InChI=1S/C16H17FN4O/c17-11-5-6-18-8-10(11)12-3-4-14(20-12)16(22)21-15-7-9-1-2-13(15)19-9/h3-6,8-9,13,15,19-20H,1-2,7H2,(H,21,22)/t9-,13+,15-/m1/s1. The first-order chi connectivity index (χ1) is 10.7. The average Bonchev–Trinajstić information content (AvgIpc) is 3.24. The molecule has 2 saturated heterocycles. The fourth-order valence-electron chi connectivity index (χ4n) is 3.49. The molecule has 3 atom stereocenters. The molecule has 3 N–H and O–H groups in total. The third-order valence-corrected chi connectivity index (χ3v) is 4.61. The molecule has 0 aliphatic carbocycles. The summed E-state index contributed by atoms with van der Waals surface area (Å²) in [4.78, 5) is 19.2. The molecule has 2 aliphatic rings. The van der Waals surface area contributed by atoms with Gasteiger partial charge in [0.15, 0.2) is 0 Å². The van der Waals surface area contributed by atoms with Crippen molar-refractivity contribution in [2.24, 2.45) is 0 Å². The van der Waals surface area contributed by atoms with Crippen LogP contribution in [-0.4, -0.2) is 34.0 Å². The van der Waals surface area contributed by atoms with Crippen molar-refractivity contribution in [2.45, 2.75) is 37.4 Å². The predicted molar refractivity (Wildman–Crippen MR) is 79.8 cm³/mol. The zero-order chi connectivity index (χ0) is 15.1. The first-order valence-corrected chi connectivity index (χ1v) is 7.56. The molecule has 0 radical (unpaired) electrons. The lowest BCUT2D eigenvalue weighted by molar-refractivity contribution is 0.0926. The van der Waals surface area contributed by atoms with Crippen LogP contribution in [0, 0.1) is 5.82 Å². The highest BCUT2D eigenvalue weighted by molar-refractivity contribution is 5.93. The van der Waals surface area contributed by atoms with E-state index in [2.05, 4.69) is 20.6 Å². The topological polar surface area (TPSA) is 69.8 Å². The molecular weight excluding hydrogens is 283 g/mol. The lowest BCUT2D eigenvalue weighted by Gasteiger charge is -2.21. The van der Waals surface area contributed by atoms with Crippen LogP contribution in [-0.2, 0) is 0 Å². The van der Waals surface area contributed by atoms with Gasteiger partial charge in [0.05, 0.1) is 11.3 Å². The Morgan fingerprint density at radius 1 is 1.32 bits per heavy atom. The Balaban J connectivity index is 1.49. The average molecular weight is 300 g/mol. The number of carbonyl (C=O) groups is 1. The maximum absolute atomic E-state index is 13.7. The van der Waals surface area contributed by atoms with Gasteiger partial charge < -0.3 is 15.6 Å². The Labute approximate surface area is 127 Å². The van der Waals surface area contributed by atoms with Crippen molar-refractivity contribution in [2.75, 3.05) is 0 Å². The molecule has 2 aliphatic heterocycles. The molecule has 5 nitrogen and oxygen atoms in total. The predicted octanol–water partition coefficient (Wildman–Crippen LogP) is 1.84. The monoisotopic (exact) mass is 300 g/mol. The van der Waals surface area contributed by atoms with Gasteiger partial charge >= 0.3 is 0 Å². The van der Waals surface area contributed by atoms with Gasteiger partial charge in [0.25, 0.3) is 5.91 Å². The summed E-state index contributed by atoms with van der Waals surface area (Å²) in [5, 5.41) is 6.55. The van der Waals surface area contributed by atoms with Crippen LogP contribution in [0.1, 0.15) is 29.8 Å². The maximum Gasteiger partial charge on any atom is 0.267 e. The summed E-state index contributed by atoms with van der Waals surface area (Å²) in [6, 6.07) is 5.80. The number of fused-ring (bicyclic) bond motifs is 2. The lowest BCUT2D eigenvalue weighted by Crippen LogP contribution is -2.43. The van der Waals surface area contributed by atoms with E-state index >= 15 is 0 Å². The van der Waals surface area contributed by atoms with Gasteiger partial charge in [-0.2, -0.15) is 0 Å². The van der Waals surface area contributed by atoms with Gasteiger partial charge in [-0.25, -0.2) is 4.39 Å². The van der Waals surface area contributed by atoms with Gasteiger partial charge in [-0.15, -0.1) is 0 Å². The van der Waals surface area contributed by atoms with Crippen molar-refractivity contribution in [1.82, 2.24) is 20.6 Å². The van der Waals surface area contributed by atoms with E-state index in [1.54, 1.807) is 12.1 Å². The molecular formula is C16H17FN4O. The molecule has 0 spiro atoms. The summed E-state index contributed by atoms with van der Waals surface area (Å²) < 4.78 is 13.7. The molecule has 0 aromatic carbocycles. The van der Waals surface area contributed by atoms with Crippen LogP contribution < -0.4 is 10.6 Å². The van der Waals surface area contributed by atoms with E-state index in [0.717, 1.165) is 12.8 Å². The van der Waals surface area contributed by atoms with E-state index in [-0.39, 0.29) is 17.8 Å². The molecule has 114 valence electrons. The number of halogens is 1. The number of nitrogens with one attached hydrogen (secondary N) is 3. The number of nitrogens with zero attached hydrogens (tertiary/aromatic N) is 1. The summed E-state index contributed by atoms with van der Waals surface area (Å²) in [6.45, 7) is 0. The maximum atomic E-state index is 13.7. The quantitative estimate of drug-likeness (QED) is 0.810. The molecule has 6 heteroatoms. The van der Waals surface area contributed by atoms with Gasteiger partial charge in [-0.1, -0.05) is 0 Å². The van der Waals surface area contributed by atoms with E-state index in [9.17, 15) is 9.18 Å². The number of H-pyrrole nitrogens is 1. The Morgan fingerprint density at radius 3 is 2.95 bits per heavy atom. The van der Waals surface area contributed by atoms with E-state index in [1.807, 2.05) is 0 Å². The van der Waals surface area contributed by atoms with Crippen LogP contribution in [0.15, 0.2) is 30.6 Å². The highest BCUT2D eigenvalue weighted by atomic mass is 19.1. The van der Waals surface area contributed by atoms with Gasteiger partial charge in [0, 0.05) is 30.5 Å². The molecule has 2 bridgehead atoms. The first-order valence-electron chi connectivity index (χ1n) is 7.56. The highest BCUT2D eigenvalue weighted by Crippen LogP contribution is 2.28. The number of aromatic amines is 1.